The third kappa shape index (κ3) is 2.63. The third-order valence-corrected chi connectivity index (χ3v) is 1.25. The van der Waals surface area contributed by atoms with E-state index in [4.69, 9.17) is 21.1 Å². The van der Waals surface area contributed by atoms with Gasteiger partial charge in [-0.2, -0.15) is 0 Å². The fraction of sp³-hybridized carbons (Fsp3) is 0.286. The van der Waals surface area contributed by atoms with Gasteiger partial charge in [0, 0.05) is 0 Å². The van der Waals surface area contributed by atoms with Crippen molar-refractivity contribution in [2.24, 2.45) is 0 Å². The summed E-state index contributed by atoms with van der Waals surface area (Å²) in [7, 11) is 0. The molecule has 0 aliphatic carbocycles. The highest BCUT2D eigenvalue weighted by molar-refractivity contribution is 6.26. The molecule has 0 aromatic heterocycles. The standard InChI is InChI=1S/C7H7ClO3/c8-5-6(9)11-7-3-1-2-4-10-7/h1-4,7H,5H2. The van der Waals surface area contributed by atoms with Gasteiger partial charge in [0.25, 0.3) is 6.29 Å². The number of hydrogen-bond donors (Lipinski definition) is 0. The summed E-state index contributed by atoms with van der Waals surface area (Å²) in [5.74, 6) is -0.645. The molecule has 1 unspecified atom stereocenters. The van der Waals surface area contributed by atoms with E-state index in [1.807, 2.05) is 0 Å². The molecule has 1 aliphatic heterocycles. The van der Waals surface area contributed by atoms with Crippen molar-refractivity contribution in [2.75, 3.05) is 5.88 Å². The van der Waals surface area contributed by atoms with Crippen LogP contribution < -0.4 is 0 Å². The molecule has 3 nitrogen and oxygen atoms in total. The summed E-state index contributed by atoms with van der Waals surface area (Å²) < 4.78 is 9.59. The number of ether oxygens (including phenoxy) is 2. The smallest absolute Gasteiger partial charge is 0.324 e. The Morgan fingerprint density at radius 1 is 1.64 bits per heavy atom. The van der Waals surface area contributed by atoms with Gasteiger partial charge in [0.2, 0.25) is 0 Å². The minimum atomic E-state index is -0.619. The van der Waals surface area contributed by atoms with Gasteiger partial charge in [0.1, 0.15) is 5.88 Å². The Kier molecular flexibility index (Phi) is 2.98. The van der Waals surface area contributed by atoms with Crippen LogP contribution in [0, 0.1) is 0 Å². The first kappa shape index (κ1) is 8.14. The van der Waals surface area contributed by atoms with E-state index in [0.717, 1.165) is 0 Å². The molecule has 0 radical (unpaired) electrons. The van der Waals surface area contributed by atoms with E-state index in [1.165, 1.54) is 6.26 Å². The molecule has 0 amide bonds. The molecule has 1 rings (SSSR count). The molecule has 11 heavy (non-hydrogen) atoms. The number of carbonyl (C=O) groups is 1. The normalized spacial score (nSPS) is 21.0. The second-order valence-electron chi connectivity index (χ2n) is 1.84. The summed E-state index contributed by atoms with van der Waals surface area (Å²) >= 11 is 5.20. The van der Waals surface area contributed by atoms with Gasteiger partial charge in [-0.15, -0.1) is 11.6 Å². The summed E-state index contributed by atoms with van der Waals surface area (Å²) in [6.45, 7) is 0. The highest BCUT2D eigenvalue weighted by atomic mass is 35.5. The van der Waals surface area contributed by atoms with Gasteiger partial charge in [-0.1, -0.05) is 6.08 Å². The van der Waals surface area contributed by atoms with Crippen LogP contribution in [0.25, 0.3) is 0 Å². The lowest BCUT2D eigenvalue weighted by Crippen LogP contribution is -2.19. The van der Waals surface area contributed by atoms with Crippen LogP contribution >= 0.6 is 11.6 Å². The van der Waals surface area contributed by atoms with Crippen molar-refractivity contribution < 1.29 is 14.3 Å². The van der Waals surface area contributed by atoms with Crippen molar-refractivity contribution in [3.05, 3.63) is 24.5 Å². The molecule has 0 aromatic carbocycles. The van der Waals surface area contributed by atoms with Gasteiger partial charge in [-0.05, 0) is 12.2 Å². The maximum atomic E-state index is 10.6. The lowest BCUT2D eigenvalue weighted by Gasteiger charge is -2.14. The molecular formula is C7H7ClO3. The highest BCUT2D eigenvalue weighted by Gasteiger charge is 2.10. The molecule has 0 saturated carbocycles. The zero-order valence-electron chi connectivity index (χ0n) is 5.70. The molecule has 0 fully saturated rings. The van der Waals surface area contributed by atoms with E-state index in [9.17, 15) is 4.79 Å². The number of alkyl halides is 1. The maximum Gasteiger partial charge on any atom is 0.324 e. The molecule has 1 aliphatic rings. The zero-order chi connectivity index (χ0) is 8.10. The Labute approximate surface area is 69.2 Å². The predicted octanol–water partition coefficient (Wildman–Crippen LogP) is 1.19. The number of rotatable bonds is 2. The molecule has 0 aromatic rings. The van der Waals surface area contributed by atoms with Crippen LogP contribution in [-0.4, -0.2) is 18.1 Å². The van der Waals surface area contributed by atoms with Crippen LogP contribution in [0.5, 0.6) is 0 Å². The van der Waals surface area contributed by atoms with Crippen molar-refractivity contribution in [1.29, 1.82) is 0 Å². The van der Waals surface area contributed by atoms with Crippen LogP contribution in [0.1, 0.15) is 0 Å². The van der Waals surface area contributed by atoms with E-state index < -0.39 is 12.3 Å². The van der Waals surface area contributed by atoms with Gasteiger partial charge in [0.05, 0.1) is 6.26 Å². The first-order valence-electron chi connectivity index (χ1n) is 3.07. The molecule has 1 heterocycles. The molecule has 1 atom stereocenters. The summed E-state index contributed by atoms with van der Waals surface area (Å²) in [6, 6.07) is 0. The van der Waals surface area contributed by atoms with Gasteiger partial charge in [0.15, 0.2) is 0 Å². The Morgan fingerprint density at radius 3 is 3.00 bits per heavy atom. The van der Waals surface area contributed by atoms with Crippen molar-refractivity contribution in [3.8, 4) is 0 Å². The van der Waals surface area contributed by atoms with E-state index in [2.05, 4.69) is 0 Å². The van der Waals surface area contributed by atoms with Crippen LogP contribution in [0.3, 0.4) is 0 Å². The van der Waals surface area contributed by atoms with Crippen LogP contribution in [0.2, 0.25) is 0 Å². The lowest BCUT2D eigenvalue weighted by atomic mass is 10.4. The predicted molar refractivity (Wildman–Crippen MR) is 40.0 cm³/mol. The second-order valence-corrected chi connectivity index (χ2v) is 2.11. The highest BCUT2D eigenvalue weighted by Crippen LogP contribution is 2.04. The van der Waals surface area contributed by atoms with Crippen molar-refractivity contribution in [2.45, 2.75) is 6.29 Å². The zero-order valence-corrected chi connectivity index (χ0v) is 6.45. The van der Waals surface area contributed by atoms with Gasteiger partial charge >= 0.3 is 5.97 Å². The topological polar surface area (TPSA) is 35.5 Å². The first-order chi connectivity index (χ1) is 5.33. The lowest BCUT2D eigenvalue weighted by molar-refractivity contribution is -0.158. The summed E-state index contributed by atoms with van der Waals surface area (Å²) in [5.41, 5.74) is 0. The van der Waals surface area contributed by atoms with Crippen molar-refractivity contribution >= 4 is 17.6 Å². The number of hydrogen-bond acceptors (Lipinski definition) is 3. The molecule has 60 valence electrons. The SMILES string of the molecule is O=C(CCl)OC1C=CC=CO1. The maximum absolute atomic E-state index is 10.6. The van der Waals surface area contributed by atoms with Gasteiger partial charge < -0.3 is 9.47 Å². The largest absolute Gasteiger partial charge is 0.459 e. The quantitative estimate of drug-likeness (QED) is 0.466. The first-order valence-corrected chi connectivity index (χ1v) is 3.60. The molecule has 0 bridgehead atoms. The van der Waals surface area contributed by atoms with E-state index in [-0.39, 0.29) is 5.88 Å². The Morgan fingerprint density at radius 2 is 2.45 bits per heavy atom. The summed E-state index contributed by atoms with van der Waals surface area (Å²) in [6.07, 6.45) is 5.88. The second kappa shape index (κ2) is 4.03. The summed E-state index contributed by atoms with van der Waals surface area (Å²) in [5, 5.41) is 0. The number of allylic oxidation sites excluding steroid dienone is 2. The molecule has 0 N–H and O–H groups in total. The minimum Gasteiger partial charge on any atom is -0.459 e. The molecule has 0 saturated heterocycles. The summed E-state index contributed by atoms with van der Waals surface area (Å²) in [4.78, 5) is 10.6. The number of esters is 1. The van der Waals surface area contributed by atoms with Crippen molar-refractivity contribution in [3.63, 3.8) is 0 Å². The Hall–Kier alpha value is -0.960. The Balaban J connectivity index is 2.33. The van der Waals surface area contributed by atoms with E-state index >= 15 is 0 Å². The fourth-order valence-electron chi connectivity index (χ4n) is 0.597. The van der Waals surface area contributed by atoms with E-state index in [0.29, 0.717) is 0 Å². The monoisotopic (exact) mass is 174 g/mol. The molecule has 0 spiro atoms. The van der Waals surface area contributed by atoms with Crippen molar-refractivity contribution in [1.82, 2.24) is 0 Å². The van der Waals surface area contributed by atoms with Crippen LogP contribution in [-0.2, 0) is 14.3 Å². The number of halogens is 1. The average molecular weight is 175 g/mol. The van der Waals surface area contributed by atoms with Gasteiger partial charge in [-0.3, -0.25) is 4.79 Å². The average Bonchev–Trinajstić information content (AvgIpc) is 2.06. The van der Waals surface area contributed by atoms with Gasteiger partial charge in [-0.25, -0.2) is 0 Å². The third-order valence-electron chi connectivity index (χ3n) is 1.03. The molecular weight excluding hydrogens is 168 g/mol. The van der Waals surface area contributed by atoms with Crippen LogP contribution in [0.15, 0.2) is 24.5 Å². The molecule has 4 heteroatoms. The van der Waals surface area contributed by atoms with Crippen LogP contribution in [0.4, 0.5) is 0 Å². The minimum absolute atomic E-state index is 0.155. The number of carbonyl (C=O) groups excluding carboxylic acids is 1. The van der Waals surface area contributed by atoms with E-state index in [1.54, 1.807) is 18.2 Å². The fourth-order valence-corrected chi connectivity index (χ4v) is 0.659. The Bertz CT molecular complexity index is 198.